The standard InChI is InChI=1S/C16H26O5/c17-13-21-16(9-10-16)6-2-1-3-11-20-12-4-5-15(7-8-15)14(18)19/h13H,1-12H2,(H,18,19). The molecule has 0 bridgehead atoms. The highest BCUT2D eigenvalue weighted by Crippen LogP contribution is 2.49. The van der Waals surface area contributed by atoms with Gasteiger partial charge in [0.15, 0.2) is 0 Å². The summed E-state index contributed by atoms with van der Waals surface area (Å²) >= 11 is 0. The SMILES string of the molecule is O=COC1(CCCCCOCCCC2(C(=O)O)CC2)CC1. The van der Waals surface area contributed by atoms with Gasteiger partial charge in [-0.3, -0.25) is 9.59 Å². The van der Waals surface area contributed by atoms with Gasteiger partial charge in [-0.05, 0) is 57.8 Å². The van der Waals surface area contributed by atoms with Crippen LogP contribution in [-0.4, -0.2) is 36.4 Å². The number of aliphatic carboxylic acids is 1. The van der Waals surface area contributed by atoms with Gasteiger partial charge in [0.25, 0.3) is 6.47 Å². The van der Waals surface area contributed by atoms with Crippen molar-refractivity contribution < 1.29 is 24.2 Å². The molecule has 5 nitrogen and oxygen atoms in total. The molecule has 5 heteroatoms. The van der Waals surface area contributed by atoms with Crippen LogP contribution in [0.2, 0.25) is 0 Å². The van der Waals surface area contributed by atoms with E-state index < -0.39 is 11.4 Å². The molecule has 0 spiro atoms. The zero-order valence-electron chi connectivity index (χ0n) is 12.6. The van der Waals surface area contributed by atoms with Crippen LogP contribution in [-0.2, 0) is 19.1 Å². The number of unbranched alkanes of at least 4 members (excludes halogenated alkanes) is 2. The molecule has 1 N–H and O–H groups in total. The van der Waals surface area contributed by atoms with Crippen LogP contribution in [0.4, 0.5) is 0 Å². The maximum atomic E-state index is 11.0. The van der Waals surface area contributed by atoms with Crippen molar-refractivity contribution in [1.29, 1.82) is 0 Å². The lowest BCUT2D eigenvalue weighted by Crippen LogP contribution is -2.15. The van der Waals surface area contributed by atoms with Gasteiger partial charge in [-0.1, -0.05) is 6.42 Å². The van der Waals surface area contributed by atoms with E-state index in [1.807, 2.05) is 0 Å². The Labute approximate surface area is 126 Å². The Morgan fingerprint density at radius 3 is 2.29 bits per heavy atom. The third-order valence-electron chi connectivity index (χ3n) is 4.78. The number of carboxylic acids is 1. The second-order valence-electron chi connectivity index (χ2n) is 6.51. The van der Waals surface area contributed by atoms with Gasteiger partial charge >= 0.3 is 5.97 Å². The molecule has 0 heterocycles. The summed E-state index contributed by atoms with van der Waals surface area (Å²) in [5.74, 6) is -0.644. The molecule has 21 heavy (non-hydrogen) atoms. The molecule has 0 atom stereocenters. The lowest BCUT2D eigenvalue weighted by atomic mass is 10.0. The molecule has 120 valence electrons. The zero-order valence-corrected chi connectivity index (χ0v) is 12.6. The van der Waals surface area contributed by atoms with Crippen LogP contribution in [0.15, 0.2) is 0 Å². The highest BCUT2D eigenvalue weighted by atomic mass is 16.5. The van der Waals surface area contributed by atoms with E-state index in [0.717, 1.165) is 70.8 Å². The van der Waals surface area contributed by atoms with Gasteiger partial charge in [0.1, 0.15) is 5.60 Å². The fraction of sp³-hybridized carbons (Fsp3) is 0.875. The van der Waals surface area contributed by atoms with Crippen molar-refractivity contribution in [3.05, 3.63) is 0 Å². The summed E-state index contributed by atoms with van der Waals surface area (Å²) in [7, 11) is 0. The predicted molar refractivity (Wildman–Crippen MR) is 76.9 cm³/mol. The van der Waals surface area contributed by atoms with E-state index in [4.69, 9.17) is 14.6 Å². The van der Waals surface area contributed by atoms with E-state index in [9.17, 15) is 9.59 Å². The summed E-state index contributed by atoms with van der Waals surface area (Å²) in [5.41, 5.74) is -0.543. The quantitative estimate of drug-likeness (QED) is 0.418. The minimum Gasteiger partial charge on any atom is -0.481 e. The Morgan fingerprint density at radius 1 is 1.00 bits per heavy atom. The topological polar surface area (TPSA) is 72.8 Å². The van der Waals surface area contributed by atoms with Crippen molar-refractivity contribution in [2.45, 2.75) is 69.8 Å². The first-order valence-electron chi connectivity index (χ1n) is 8.05. The molecule has 2 saturated carbocycles. The maximum absolute atomic E-state index is 11.0. The van der Waals surface area contributed by atoms with Crippen LogP contribution in [0.3, 0.4) is 0 Å². The Morgan fingerprint density at radius 2 is 1.71 bits per heavy atom. The van der Waals surface area contributed by atoms with Gasteiger partial charge in [0, 0.05) is 13.2 Å². The number of carbonyl (C=O) groups is 2. The monoisotopic (exact) mass is 298 g/mol. The largest absolute Gasteiger partial charge is 0.481 e. The fourth-order valence-corrected chi connectivity index (χ4v) is 2.83. The highest BCUT2D eigenvalue weighted by molar-refractivity contribution is 5.77. The molecule has 0 aromatic heterocycles. The summed E-state index contributed by atoms with van der Waals surface area (Å²) < 4.78 is 10.6. The second kappa shape index (κ2) is 7.25. The Balaban J connectivity index is 1.37. The summed E-state index contributed by atoms with van der Waals surface area (Å²) in [5, 5.41) is 9.04. The first-order chi connectivity index (χ1) is 10.1. The molecule has 2 fully saturated rings. The van der Waals surface area contributed by atoms with Gasteiger partial charge in [-0.2, -0.15) is 0 Å². The predicted octanol–water partition coefficient (Wildman–Crippen LogP) is 2.91. The van der Waals surface area contributed by atoms with Crippen molar-refractivity contribution in [1.82, 2.24) is 0 Å². The average molecular weight is 298 g/mol. The van der Waals surface area contributed by atoms with Gasteiger partial charge < -0.3 is 14.6 Å². The maximum Gasteiger partial charge on any atom is 0.309 e. The number of carbonyl (C=O) groups excluding carboxylic acids is 1. The van der Waals surface area contributed by atoms with Crippen LogP contribution in [0.5, 0.6) is 0 Å². The minimum absolute atomic E-state index is 0.127. The molecular formula is C16H26O5. The van der Waals surface area contributed by atoms with E-state index in [1.165, 1.54) is 0 Å². The summed E-state index contributed by atoms with van der Waals surface area (Å²) in [6.45, 7) is 1.97. The van der Waals surface area contributed by atoms with Gasteiger partial charge in [-0.25, -0.2) is 0 Å². The van der Waals surface area contributed by atoms with E-state index >= 15 is 0 Å². The Hall–Kier alpha value is -1.10. The Bertz CT molecular complexity index is 358. The molecule has 0 amide bonds. The number of ether oxygens (including phenoxy) is 2. The van der Waals surface area contributed by atoms with Gasteiger partial charge in [0.05, 0.1) is 5.41 Å². The molecule has 0 aromatic rings. The smallest absolute Gasteiger partial charge is 0.309 e. The molecule has 2 aliphatic carbocycles. The second-order valence-corrected chi connectivity index (χ2v) is 6.51. The van der Waals surface area contributed by atoms with Crippen LogP contribution < -0.4 is 0 Å². The van der Waals surface area contributed by atoms with Gasteiger partial charge in [0.2, 0.25) is 0 Å². The van der Waals surface area contributed by atoms with Gasteiger partial charge in [-0.15, -0.1) is 0 Å². The van der Waals surface area contributed by atoms with E-state index in [1.54, 1.807) is 0 Å². The van der Waals surface area contributed by atoms with Crippen LogP contribution >= 0.6 is 0 Å². The van der Waals surface area contributed by atoms with Crippen LogP contribution in [0, 0.1) is 5.41 Å². The molecule has 2 aliphatic rings. The summed E-state index contributed by atoms with van der Waals surface area (Å²) in [6.07, 6.45) is 9.38. The van der Waals surface area contributed by atoms with Crippen molar-refractivity contribution in [2.75, 3.05) is 13.2 Å². The van der Waals surface area contributed by atoms with E-state index in [2.05, 4.69) is 0 Å². The Kier molecular flexibility index (Phi) is 5.62. The lowest BCUT2D eigenvalue weighted by molar-refractivity contribution is -0.143. The minimum atomic E-state index is -0.644. The first kappa shape index (κ1) is 16.3. The molecule has 0 radical (unpaired) electrons. The average Bonchev–Trinajstić information content (AvgIpc) is 3.34. The number of carboxylic acid groups (broad SMARTS) is 1. The number of rotatable bonds is 13. The molecule has 2 rings (SSSR count). The third kappa shape index (κ3) is 4.99. The molecule has 0 aliphatic heterocycles. The lowest BCUT2D eigenvalue weighted by Gasteiger charge is -2.12. The fourth-order valence-electron chi connectivity index (χ4n) is 2.83. The van der Waals surface area contributed by atoms with Crippen molar-refractivity contribution in [3.8, 4) is 0 Å². The highest BCUT2D eigenvalue weighted by Gasteiger charge is 2.49. The molecule has 0 unspecified atom stereocenters. The van der Waals surface area contributed by atoms with Crippen molar-refractivity contribution in [2.24, 2.45) is 5.41 Å². The third-order valence-corrected chi connectivity index (χ3v) is 4.78. The normalized spacial score (nSPS) is 20.8. The number of hydrogen-bond acceptors (Lipinski definition) is 4. The summed E-state index contributed by atoms with van der Waals surface area (Å²) in [6, 6.07) is 0. The molecule has 0 aromatic carbocycles. The summed E-state index contributed by atoms with van der Waals surface area (Å²) in [4.78, 5) is 21.3. The van der Waals surface area contributed by atoms with Crippen LogP contribution in [0.1, 0.15) is 64.2 Å². The van der Waals surface area contributed by atoms with E-state index in [0.29, 0.717) is 13.1 Å². The molecule has 0 saturated heterocycles. The number of hydrogen-bond donors (Lipinski definition) is 1. The molecular weight excluding hydrogens is 272 g/mol. The van der Waals surface area contributed by atoms with Crippen LogP contribution in [0.25, 0.3) is 0 Å². The van der Waals surface area contributed by atoms with Crippen molar-refractivity contribution in [3.63, 3.8) is 0 Å². The zero-order chi connectivity index (χ0) is 15.2. The van der Waals surface area contributed by atoms with Crippen molar-refractivity contribution >= 4 is 12.4 Å². The first-order valence-corrected chi connectivity index (χ1v) is 8.05. The van der Waals surface area contributed by atoms with E-state index in [-0.39, 0.29) is 5.60 Å².